The number of nitrogens with one attached hydrogen (secondary N) is 1. The summed E-state index contributed by atoms with van der Waals surface area (Å²) in [6.45, 7) is 6.05. The first kappa shape index (κ1) is 13.4. The van der Waals surface area contributed by atoms with Crippen LogP contribution < -0.4 is 11.3 Å². The number of hydrogen-bond donors (Lipinski definition) is 2. The second-order valence-corrected chi connectivity index (χ2v) is 4.46. The van der Waals surface area contributed by atoms with Gasteiger partial charge in [0.15, 0.2) is 5.82 Å². The Morgan fingerprint density at radius 1 is 1.47 bits per heavy atom. The van der Waals surface area contributed by atoms with Crippen LogP contribution in [0.4, 0.5) is 5.82 Å². The molecule has 1 aromatic rings. The van der Waals surface area contributed by atoms with E-state index in [1.807, 2.05) is 20.8 Å². The summed E-state index contributed by atoms with van der Waals surface area (Å²) in [6.07, 6.45) is 3.71. The molecule has 1 amide bonds. The highest BCUT2D eigenvalue weighted by atomic mass is 16.2. The first-order chi connectivity index (χ1) is 7.92. The molecule has 1 heterocycles. The molecule has 17 heavy (non-hydrogen) atoms. The number of hydrazine groups is 1. The van der Waals surface area contributed by atoms with Crippen LogP contribution in [0.5, 0.6) is 0 Å². The van der Waals surface area contributed by atoms with Crippen LogP contribution in [0.1, 0.15) is 37.7 Å². The monoisotopic (exact) mass is 237 g/mol. The Morgan fingerprint density at radius 2 is 2.12 bits per heavy atom. The Balaban J connectivity index is 2.89. The average molecular weight is 237 g/mol. The summed E-state index contributed by atoms with van der Waals surface area (Å²) in [5, 5.41) is 0. The second-order valence-electron chi connectivity index (χ2n) is 4.46. The lowest BCUT2D eigenvalue weighted by Gasteiger charge is -2.34. The maximum Gasteiger partial charge on any atom is 0.274 e. The van der Waals surface area contributed by atoms with E-state index < -0.39 is 0 Å². The van der Waals surface area contributed by atoms with Gasteiger partial charge in [-0.15, -0.1) is 0 Å². The first-order valence-electron chi connectivity index (χ1n) is 5.49. The van der Waals surface area contributed by atoms with Crippen molar-refractivity contribution in [3.63, 3.8) is 0 Å². The van der Waals surface area contributed by atoms with E-state index in [9.17, 15) is 4.79 Å². The Hall–Kier alpha value is -1.69. The zero-order chi connectivity index (χ0) is 13.1. The Kier molecular flexibility index (Phi) is 4.01. The van der Waals surface area contributed by atoms with Gasteiger partial charge in [-0.2, -0.15) is 0 Å². The number of carbonyl (C=O) groups excluding carboxylic acids is 1. The van der Waals surface area contributed by atoms with Gasteiger partial charge in [0.05, 0.1) is 12.4 Å². The van der Waals surface area contributed by atoms with Crippen molar-refractivity contribution in [1.29, 1.82) is 0 Å². The van der Waals surface area contributed by atoms with E-state index in [0.29, 0.717) is 11.5 Å². The molecule has 1 aromatic heterocycles. The minimum atomic E-state index is -0.205. The first-order valence-corrected chi connectivity index (χ1v) is 5.49. The van der Waals surface area contributed by atoms with E-state index in [0.717, 1.165) is 6.42 Å². The van der Waals surface area contributed by atoms with Gasteiger partial charge in [-0.1, -0.05) is 6.92 Å². The van der Waals surface area contributed by atoms with Gasteiger partial charge in [0.25, 0.3) is 5.91 Å². The second kappa shape index (κ2) is 5.09. The van der Waals surface area contributed by atoms with Crippen LogP contribution >= 0.6 is 0 Å². The summed E-state index contributed by atoms with van der Waals surface area (Å²) in [5.41, 5.74) is 2.47. The molecule has 0 saturated carbocycles. The van der Waals surface area contributed by atoms with E-state index in [1.165, 1.54) is 12.4 Å². The molecule has 0 saturated heterocycles. The lowest BCUT2D eigenvalue weighted by atomic mass is 10.00. The Morgan fingerprint density at radius 3 is 2.53 bits per heavy atom. The highest BCUT2D eigenvalue weighted by Crippen LogP contribution is 2.18. The third kappa shape index (κ3) is 2.91. The fourth-order valence-corrected chi connectivity index (χ4v) is 1.20. The number of nitrogen functional groups attached to an aromatic ring is 1. The Bertz CT molecular complexity index is 387. The van der Waals surface area contributed by atoms with E-state index in [2.05, 4.69) is 15.4 Å². The molecule has 0 aromatic carbocycles. The molecule has 0 unspecified atom stereocenters. The van der Waals surface area contributed by atoms with Crippen LogP contribution in [-0.4, -0.2) is 33.4 Å². The van der Waals surface area contributed by atoms with Crippen molar-refractivity contribution < 1.29 is 4.79 Å². The van der Waals surface area contributed by atoms with E-state index in [1.54, 1.807) is 11.9 Å². The lowest BCUT2D eigenvalue weighted by Crippen LogP contribution is -2.44. The summed E-state index contributed by atoms with van der Waals surface area (Å²) in [4.78, 5) is 21.8. The van der Waals surface area contributed by atoms with E-state index >= 15 is 0 Å². The van der Waals surface area contributed by atoms with Gasteiger partial charge in [-0.05, 0) is 20.3 Å². The van der Waals surface area contributed by atoms with Crippen LogP contribution in [0.15, 0.2) is 12.4 Å². The maximum atomic E-state index is 12.1. The van der Waals surface area contributed by atoms with Crippen LogP contribution in [0.25, 0.3) is 0 Å². The number of aromatic nitrogens is 2. The molecule has 0 aliphatic carbocycles. The van der Waals surface area contributed by atoms with Crippen molar-refractivity contribution in [2.24, 2.45) is 5.84 Å². The molecular weight excluding hydrogens is 218 g/mol. The van der Waals surface area contributed by atoms with Crippen molar-refractivity contribution in [3.8, 4) is 0 Å². The highest BCUT2D eigenvalue weighted by Gasteiger charge is 2.27. The van der Waals surface area contributed by atoms with Crippen molar-refractivity contribution in [1.82, 2.24) is 14.9 Å². The summed E-state index contributed by atoms with van der Waals surface area (Å²) in [5.74, 6) is 5.46. The minimum Gasteiger partial charge on any atom is -0.335 e. The van der Waals surface area contributed by atoms with E-state index in [4.69, 9.17) is 5.84 Å². The lowest BCUT2D eigenvalue weighted by molar-refractivity contribution is 0.0613. The largest absolute Gasteiger partial charge is 0.335 e. The minimum absolute atomic E-state index is 0.145. The molecule has 0 radical (unpaired) electrons. The van der Waals surface area contributed by atoms with Crippen molar-refractivity contribution in [2.75, 3.05) is 12.5 Å². The molecule has 0 atom stereocenters. The average Bonchev–Trinajstić information content (AvgIpc) is 2.37. The maximum absolute atomic E-state index is 12.1. The summed E-state index contributed by atoms with van der Waals surface area (Å²) >= 11 is 0. The van der Waals surface area contributed by atoms with Crippen LogP contribution in [0, 0.1) is 0 Å². The fourth-order valence-electron chi connectivity index (χ4n) is 1.20. The molecule has 6 nitrogen and oxygen atoms in total. The quantitative estimate of drug-likeness (QED) is 0.603. The summed E-state index contributed by atoms with van der Waals surface area (Å²) < 4.78 is 0. The third-order valence-corrected chi connectivity index (χ3v) is 3.10. The molecule has 6 heteroatoms. The summed E-state index contributed by atoms with van der Waals surface area (Å²) in [7, 11) is 1.77. The zero-order valence-electron chi connectivity index (χ0n) is 10.7. The van der Waals surface area contributed by atoms with Gasteiger partial charge >= 0.3 is 0 Å². The topological polar surface area (TPSA) is 84.1 Å². The number of amides is 1. The van der Waals surface area contributed by atoms with Crippen molar-refractivity contribution in [3.05, 3.63) is 18.1 Å². The molecule has 0 spiro atoms. The number of carbonyl (C=O) groups is 1. The van der Waals surface area contributed by atoms with Gasteiger partial charge in [0.2, 0.25) is 0 Å². The molecular formula is C11H19N5O. The molecule has 0 bridgehead atoms. The van der Waals surface area contributed by atoms with Gasteiger partial charge in [0.1, 0.15) is 5.69 Å². The molecule has 0 aliphatic heterocycles. The predicted octanol–water partition coefficient (Wildman–Crippen LogP) is 1.02. The molecule has 3 N–H and O–H groups in total. The number of anilines is 1. The van der Waals surface area contributed by atoms with Gasteiger partial charge in [0, 0.05) is 12.6 Å². The van der Waals surface area contributed by atoms with Crippen LogP contribution in [-0.2, 0) is 0 Å². The number of nitrogens with zero attached hydrogens (tertiary/aromatic N) is 3. The number of nitrogens with two attached hydrogens (primary N) is 1. The normalized spacial score (nSPS) is 11.1. The molecule has 94 valence electrons. The highest BCUT2D eigenvalue weighted by molar-refractivity contribution is 5.92. The molecule has 0 fully saturated rings. The third-order valence-electron chi connectivity index (χ3n) is 3.10. The van der Waals surface area contributed by atoms with E-state index in [-0.39, 0.29) is 11.4 Å². The number of rotatable bonds is 4. The smallest absolute Gasteiger partial charge is 0.274 e. The van der Waals surface area contributed by atoms with Crippen molar-refractivity contribution in [2.45, 2.75) is 32.7 Å². The van der Waals surface area contributed by atoms with Crippen LogP contribution in [0.2, 0.25) is 0 Å². The summed E-state index contributed by atoms with van der Waals surface area (Å²) in [6, 6.07) is 0. The SMILES string of the molecule is CCC(C)(C)N(C)C(=O)c1cnc(NN)cn1. The number of hydrogen-bond acceptors (Lipinski definition) is 5. The zero-order valence-corrected chi connectivity index (χ0v) is 10.7. The van der Waals surface area contributed by atoms with Crippen LogP contribution in [0.3, 0.4) is 0 Å². The Labute approximate surface area is 101 Å². The van der Waals surface area contributed by atoms with Gasteiger partial charge in [-0.3, -0.25) is 4.79 Å². The predicted molar refractivity (Wildman–Crippen MR) is 66.3 cm³/mol. The standard InChI is InChI=1S/C11H19N5O/c1-5-11(2,3)16(4)10(17)8-6-14-9(15-12)7-13-8/h6-7H,5,12H2,1-4H3,(H,14,15). The molecule has 1 rings (SSSR count). The van der Waals surface area contributed by atoms with Gasteiger partial charge < -0.3 is 10.3 Å². The van der Waals surface area contributed by atoms with Gasteiger partial charge in [-0.25, -0.2) is 15.8 Å². The fraction of sp³-hybridized carbons (Fsp3) is 0.545. The van der Waals surface area contributed by atoms with Crippen molar-refractivity contribution >= 4 is 11.7 Å². The molecule has 0 aliphatic rings.